The Labute approximate surface area is 121 Å². The molecule has 0 bridgehead atoms. The highest BCUT2D eigenvalue weighted by Crippen LogP contribution is 2.40. The van der Waals surface area contributed by atoms with Crippen molar-refractivity contribution in [2.24, 2.45) is 0 Å². The molecule has 0 saturated heterocycles. The summed E-state index contributed by atoms with van der Waals surface area (Å²) in [5.74, 6) is 1.11. The summed E-state index contributed by atoms with van der Waals surface area (Å²) in [5.41, 5.74) is 4.36. The van der Waals surface area contributed by atoms with Gasteiger partial charge in [-0.15, -0.1) is 0 Å². The van der Waals surface area contributed by atoms with Gasteiger partial charge >= 0.3 is 0 Å². The lowest BCUT2D eigenvalue weighted by Crippen LogP contribution is -2.30. The van der Waals surface area contributed by atoms with Crippen LogP contribution in [0.15, 0.2) is 24.7 Å². The lowest BCUT2D eigenvalue weighted by atomic mass is 10.0. The van der Waals surface area contributed by atoms with Crippen molar-refractivity contribution in [1.29, 1.82) is 0 Å². The first-order chi connectivity index (χ1) is 10.4. The third kappa shape index (κ3) is 1.72. The van der Waals surface area contributed by atoms with E-state index in [-0.39, 0.29) is 6.04 Å². The highest BCUT2D eigenvalue weighted by molar-refractivity contribution is 5.71. The number of nitrogens with one attached hydrogen (secondary N) is 2. The van der Waals surface area contributed by atoms with Crippen LogP contribution in [-0.2, 0) is 13.0 Å². The van der Waals surface area contributed by atoms with E-state index in [1.54, 1.807) is 6.33 Å². The van der Waals surface area contributed by atoms with Crippen molar-refractivity contribution >= 4 is 11.2 Å². The van der Waals surface area contributed by atoms with Gasteiger partial charge in [-0.1, -0.05) is 0 Å². The van der Waals surface area contributed by atoms with Gasteiger partial charge in [-0.3, -0.25) is 0 Å². The minimum atomic E-state index is 0.218. The first-order valence-electron chi connectivity index (χ1n) is 7.47. The Morgan fingerprint density at radius 3 is 3.10 bits per heavy atom. The van der Waals surface area contributed by atoms with Gasteiger partial charge < -0.3 is 14.9 Å². The maximum absolute atomic E-state index is 4.85. The molecule has 3 aromatic heterocycles. The van der Waals surface area contributed by atoms with Gasteiger partial charge in [-0.05, 0) is 25.0 Å². The van der Waals surface area contributed by atoms with E-state index >= 15 is 0 Å². The largest absolute Gasteiger partial charge is 0.347 e. The molecule has 21 heavy (non-hydrogen) atoms. The second-order valence-corrected chi connectivity index (χ2v) is 5.88. The summed E-state index contributed by atoms with van der Waals surface area (Å²) in [4.78, 5) is 17.0. The Bertz CT molecular complexity index is 813. The number of imidazole rings is 2. The zero-order valence-corrected chi connectivity index (χ0v) is 11.6. The predicted octanol–water partition coefficient (Wildman–Crippen LogP) is 1.88. The number of pyridine rings is 1. The third-order valence-corrected chi connectivity index (χ3v) is 4.43. The Morgan fingerprint density at radius 1 is 1.24 bits per heavy atom. The summed E-state index contributed by atoms with van der Waals surface area (Å²) in [6, 6.07) is 4.79. The van der Waals surface area contributed by atoms with Crippen molar-refractivity contribution in [1.82, 2.24) is 29.8 Å². The average Bonchev–Trinajstić information content (AvgIpc) is 3.12. The third-order valence-electron chi connectivity index (χ3n) is 4.43. The summed E-state index contributed by atoms with van der Waals surface area (Å²) in [5, 5.41) is 3.58. The van der Waals surface area contributed by atoms with E-state index < -0.39 is 0 Å². The van der Waals surface area contributed by atoms with Crippen LogP contribution < -0.4 is 5.32 Å². The number of nitrogens with zero attached hydrogens (tertiary/aromatic N) is 4. The standard InChI is InChI=1S/C15H16N6/c1-2-10-14(16-5-1)21(9-3-4-9)15(20-10)12-6-11-13(7-17-12)19-8-18-11/h1-2,5,8-9,12,17H,3-4,6-7H2,(H,18,19). The van der Waals surface area contributed by atoms with Gasteiger partial charge in [0.25, 0.3) is 0 Å². The van der Waals surface area contributed by atoms with Crippen LogP contribution in [0.2, 0.25) is 0 Å². The molecule has 0 amide bonds. The molecule has 0 aromatic carbocycles. The molecule has 1 saturated carbocycles. The number of rotatable bonds is 2. The molecule has 1 aliphatic heterocycles. The predicted molar refractivity (Wildman–Crippen MR) is 77.7 cm³/mol. The van der Waals surface area contributed by atoms with E-state index in [0.717, 1.165) is 35.6 Å². The summed E-state index contributed by atoms with van der Waals surface area (Å²) >= 11 is 0. The van der Waals surface area contributed by atoms with Crippen molar-refractivity contribution in [3.63, 3.8) is 0 Å². The fraction of sp³-hybridized carbons (Fsp3) is 0.400. The van der Waals surface area contributed by atoms with Crippen molar-refractivity contribution in [3.05, 3.63) is 41.9 Å². The summed E-state index contributed by atoms with van der Waals surface area (Å²) in [7, 11) is 0. The average molecular weight is 280 g/mol. The molecular weight excluding hydrogens is 264 g/mol. The first kappa shape index (κ1) is 11.4. The number of hydrogen-bond acceptors (Lipinski definition) is 4. The normalized spacial score (nSPS) is 21.6. The van der Waals surface area contributed by atoms with Crippen molar-refractivity contribution in [2.75, 3.05) is 0 Å². The topological polar surface area (TPSA) is 71.4 Å². The summed E-state index contributed by atoms with van der Waals surface area (Å²) in [6.45, 7) is 0.821. The van der Waals surface area contributed by atoms with E-state index in [0.29, 0.717) is 6.04 Å². The minimum Gasteiger partial charge on any atom is -0.347 e. The van der Waals surface area contributed by atoms with Crippen molar-refractivity contribution in [2.45, 2.75) is 37.9 Å². The molecule has 0 radical (unpaired) electrons. The summed E-state index contributed by atoms with van der Waals surface area (Å²) < 4.78 is 2.34. The maximum Gasteiger partial charge on any atom is 0.160 e. The molecular formula is C15H16N6. The van der Waals surface area contributed by atoms with Crippen LogP contribution in [-0.4, -0.2) is 24.5 Å². The molecule has 6 nitrogen and oxygen atoms in total. The molecule has 1 aliphatic carbocycles. The molecule has 1 atom stereocenters. The van der Waals surface area contributed by atoms with Crippen molar-refractivity contribution in [3.8, 4) is 0 Å². The number of H-pyrrole nitrogens is 1. The molecule has 2 N–H and O–H groups in total. The zero-order valence-electron chi connectivity index (χ0n) is 11.6. The van der Waals surface area contributed by atoms with Gasteiger partial charge in [0.1, 0.15) is 11.3 Å². The SMILES string of the molecule is c1cnc2c(c1)nc(C1Cc3nc[nH]c3CN1)n2C1CC1. The molecule has 5 rings (SSSR count). The quantitative estimate of drug-likeness (QED) is 0.752. The van der Waals surface area contributed by atoms with Crippen LogP contribution in [0.4, 0.5) is 0 Å². The van der Waals surface area contributed by atoms with Crippen LogP contribution in [0, 0.1) is 0 Å². The number of aromatic nitrogens is 5. The summed E-state index contributed by atoms with van der Waals surface area (Å²) in [6.07, 6.45) is 6.98. The van der Waals surface area contributed by atoms with Gasteiger partial charge in [-0.2, -0.15) is 0 Å². The molecule has 106 valence electrons. The van der Waals surface area contributed by atoms with E-state index in [4.69, 9.17) is 4.98 Å². The molecule has 6 heteroatoms. The molecule has 2 aliphatic rings. The lowest BCUT2D eigenvalue weighted by molar-refractivity contribution is 0.450. The maximum atomic E-state index is 4.85. The highest BCUT2D eigenvalue weighted by atomic mass is 15.2. The molecule has 1 unspecified atom stereocenters. The molecule has 4 heterocycles. The number of aromatic amines is 1. The van der Waals surface area contributed by atoms with Gasteiger partial charge in [-0.25, -0.2) is 15.0 Å². The monoisotopic (exact) mass is 280 g/mol. The van der Waals surface area contributed by atoms with E-state index in [1.807, 2.05) is 18.3 Å². The Balaban J connectivity index is 1.63. The van der Waals surface area contributed by atoms with Gasteiger partial charge in [0.05, 0.1) is 23.8 Å². The second-order valence-electron chi connectivity index (χ2n) is 5.88. The van der Waals surface area contributed by atoms with Crippen LogP contribution in [0.5, 0.6) is 0 Å². The van der Waals surface area contributed by atoms with E-state index in [2.05, 4.69) is 24.8 Å². The molecule has 3 aromatic rings. The fourth-order valence-corrected chi connectivity index (χ4v) is 3.24. The first-order valence-corrected chi connectivity index (χ1v) is 7.47. The van der Waals surface area contributed by atoms with Crippen LogP contribution in [0.25, 0.3) is 11.2 Å². The van der Waals surface area contributed by atoms with Crippen LogP contribution in [0.3, 0.4) is 0 Å². The minimum absolute atomic E-state index is 0.218. The Morgan fingerprint density at radius 2 is 2.19 bits per heavy atom. The van der Waals surface area contributed by atoms with Crippen LogP contribution in [0.1, 0.15) is 42.1 Å². The van der Waals surface area contributed by atoms with Gasteiger partial charge in [0.15, 0.2) is 5.65 Å². The zero-order chi connectivity index (χ0) is 13.8. The van der Waals surface area contributed by atoms with E-state index in [9.17, 15) is 0 Å². The van der Waals surface area contributed by atoms with Gasteiger partial charge in [0, 0.05) is 25.2 Å². The Kier molecular flexibility index (Phi) is 2.26. The number of hydrogen-bond donors (Lipinski definition) is 2. The Hall–Kier alpha value is -2.21. The second kappa shape index (κ2) is 4.14. The van der Waals surface area contributed by atoms with Crippen molar-refractivity contribution < 1.29 is 0 Å². The molecule has 1 fully saturated rings. The highest BCUT2D eigenvalue weighted by Gasteiger charge is 2.33. The number of fused-ring (bicyclic) bond motifs is 2. The molecule has 0 spiro atoms. The lowest BCUT2D eigenvalue weighted by Gasteiger charge is -2.23. The smallest absolute Gasteiger partial charge is 0.160 e. The van der Waals surface area contributed by atoms with Gasteiger partial charge in [0.2, 0.25) is 0 Å². The van der Waals surface area contributed by atoms with Crippen LogP contribution >= 0.6 is 0 Å². The fourth-order valence-electron chi connectivity index (χ4n) is 3.24. The van der Waals surface area contributed by atoms with E-state index in [1.165, 1.54) is 18.5 Å².